The first-order valence-electron chi connectivity index (χ1n) is 10.5. The number of para-hydroxylation sites is 1. The zero-order valence-electron chi connectivity index (χ0n) is 17.7. The maximum Gasteiger partial charge on any atom is 0.239 e. The molecule has 0 saturated carbocycles. The lowest BCUT2D eigenvalue weighted by Crippen LogP contribution is -2.41. The lowest BCUT2D eigenvalue weighted by atomic mass is 10.2. The fourth-order valence-corrected chi connectivity index (χ4v) is 5.57. The van der Waals surface area contributed by atoms with E-state index in [4.69, 9.17) is 16.3 Å². The third-order valence-corrected chi connectivity index (χ3v) is 7.49. The number of benzene rings is 2. The second-order valence-corrected chi connectivity index (χ2v) is 10.2. The molecule has 170 valence electrons. The van der Waals surface area contributed by atoms with Gasteiger partial charge >= 0.3 is 0 Å². The lowest BCUT2D eigenvalue weighted by molar-refractivity contribution is -0.121. The molecular formula is C23H26ClN3O4S. The van der Waals surface area contributed by atoms with Gasteiger partial charge < -0.3 is 14.6 Å². The second-order valence-electron chi connectivity index (χ2n) is 7.83. The molecule has 3 aromatic rings. The third kappa shape index (κ3) is 5.50. The number of nitrogens with one attached hydrogen (secondary N) is 1. The predicted molar refractivity (Wildman–Crippen MR) is 125 cm³/mol. The molecule has 2 aromatic carbocycles. The minimum atomic E-state index is -3.61. The van der Waals surface area contributed by atoms with E-state index in [2.05, 4.69) is 10.2 Å². The normalized spacial score (nSPS) is 15.2. The highest BCUT2D eigenvalue weighted by molar-refractivity contribution is 7.90. The van der Waals surface area contributed by atoms with Gasteiger partial charge in [-0.3, -0.25) is 9.69 Å². The van der Waals surface area contributed by atoms with Gasteiger partial charge in [-0.15, -0.1) is 0 Å². The summed E-state index contributed by atoms with van der Waals surface area (Å²) in [5.74, 6) is -0.287. The van der Waals surface area contributed by atoms with Crippen LogP contribution in [-0.2, 0) is 31.7 Å². The number of hydrogen-bond acceptors (Lipinski definition) is 5. The van der Waals surface area contributed by atoms with E-state index in [1.165, 1.54) is 0 Å². The molecule has 2 heterocycles. The average Bonchev–Trinajstić information content (AvgIpc) is 3.15. The van der Waals surface area contributed by atoms with E-state index in [0.29, 0.717) is 28.0 Å². The second kappa shape index (κ2) is 10.0. The van der Waals surface area contributed by atoms with Crippen LogP contribution in [0.4, 0.5) is 0 Å². The van der Waals surface area contributed by atoms with Crippen LogP contribution in [0.5, 0.6) is 0 Å². The summed E-state index contributed by atoms with van der Waals surface area (Å²) in [6.07, 6.45) is 1.57. The number of carbonyl (C=O) groups excluding carboxylic acids is 1. The Morgan fingerprint density at radius 1 is 1.06 bits per heavy atom. The predicted octanol–water partition coefficient (Wildman–Crippen LogP) is 2.72. The van der Waals surface area contributed by atoms with Crippen molar-refractivity contribution in [2.75, 3.05) is 39.4 Å². The van der Waals surface area contributed by atoms with Crippen LogP contribution in [0.2, 0.25) is 5.02 Å². The number of nitrogens with zero attached hydrogens (tertiary/aromatic N) is 2. The maximum absolute atomic E-state index is 13.2. The van der Waals surface area contributed by atoms with Gasteiger partial charge in [0.15, 0.2) is 9.84 Å². The van der Waals surface area contributed by atoms with Crippen molar-refractivity contribution < 1.29 is 17.9 Å². The number of ether oxygens (including phenoxy) is 1. The monoisotopic (exact) mass is 475 g/mol. The maximum atomic E-state index is 13.2. The van der Waals surface area contributed by atoms with Crippen LogP contribution >= 0.6 is 11.6 Å². The fourth-order valence-electron chi connectivity index (χ4n) is 3.86. The van der Waals surface area contributed by atoms with Gasteiger partial charge in [0, 0.05) is 48.3 Å². The molecule has 1 amide bonds. The molecule has 4 rings (SSSR count). The SMILES string of the molecule is O=C(Cn1cc(S(=O)(=O)Cc2ccc(Cl)cc2)c2ccccc21)NCCN1CCOCC1. The molecule has 0 aliphatic carbocycles. The van der Waals surface area contributed by atoms with Gasteiger partial charge in [0.1, 0.15) is 6.54 Å². The van der Waals surface area contributed by atoms with Crippen molar-refractivity contribution in [1.82, 2.24) is 14.8 Å². The lowest BCUT2D eigenvalue weighted by Gasteiger charge is -2.26. The Labute approximate surface area is 192 Å². The number of sulfone groups is 1. The Balaban J connectivity index is 1.48. The number of amides is 1. The van der Waals surface area contributed by atoms with Crippen molar-refractivity contribution in [2.45, 2.75) is 17.2 Å². The Hall–Kier alpha value is -2.39. The van der Waals surface area contributed by atoms with Crippen LogP contribution in [0.25, 0.3) is 10.9 Å². The van der Waals surface area contributed by atoms with Crippen molar-refractivity contribution in [3.05, 3.63) is 65.3 Å². The standard InChI is InChI=1S/C23H26ClN3O4S/c24-19-7-5-18(6-8-19)17-32(29,30)22-15-27(21-4-2-1-3-20(21)22)16-23(28)25-9-10-26-11-13-31-14-12-26/h1-8,15H,9-14,16-17H2,(H,25,28). The van der Waals surface area contributed by atoms with E-state index in [0.717, 1.165) is 32.8 Å². The number of carbonyl (C=O) groups is 1. The smallest absolute Gasteiger partial charge is 0.239 e. The summed E-state index contributed by atoms with van der Waals surface area (Å²) in [5.41, 5.74) is 1.37. The summed E-state index contributed by atoms with van der Waals surface area (Å²) in [6.45, 7) is 4.54. The van der Waals surface area contributed by atoms with Gasteiger partial charge in [-0.2, -0.15) is 0 Å². The Morgan fingerprint density at radius 3 is 2.53 bits per heavy atom. The van der Waals surface area contributed by atoms with E-state index in [9.17, 15) is 13.2 Å². The first-order valence-corrected chi connectivity index (χ1v) is 12.6. The molecule has 0 bridgehead atoms. The van der Waals surface area contributed by atoms with Gasteiger partial charge in [0.2, 0.25) is 5.91 Å². The largest absolute Gasteiger partial charge is 0.379 e. The minimum absolute atomic E-state index is 0.0556. The van der Waals surface area contributed by atoms with E-state index in [1.807, 2.05) is 12.1 Å². The average molecular weight is 476 g/mol. The van der Waals surface area contributed by atoms with Gasteiger partial charge in [-0.1, -0.05) is 41.9 Å². The fraction of sp³-hybridized carbons (Fsp3) is 0.348. The Morgan fingerprint density at radius 2 is 1.78 bits per heavy atom. The molecule has 1 N–H and O–H groups in total. The highest BCUT2D eigenvalue weighted by Gasteiger charge is 2.22. The minimum Gasteiger partial charge on any atom is -0.379 e. The number of aromatic nitrogens is 1. The number of halogens is 1. The van der Waals surface area contributed by atoms with Gasteiger partial charge in [0.25, 0.3) is 0 Å². The molecule has 1 aliphatic rings. The van der Waals surface area contributed by atoms with Crippen molar-refractivity contribution in [3.63, 3.8) is 0 Å². The summed E-state index contributed by atoms with van der Waals surface area (Å²) in [5, 5.41) is 4.10. The van der Waals surface area contributed by atoms with Crippen molar-refractivity contribution in [3.8, 4) is 0 Å². The van der Waals surface area contributed by atoms with Gasteiger partial charge in [0.05, 0.1) is 23.9 Å². The molecule has 0 unspecified atom stereocenters. The molecule has 9 heteroatoms. The first-order chi connectivity index (χ1) is 15.4. The van der Waals surface area contributed by atoms with Crippen LogP contribution in [0, 0.1) is 0 Å². The number of rotatable bonds is 8. The molecule has 1 saturated heterocycles. The molecule has 0 atom stereocenters. The molecule has 32 heavy (non-hydrogen) atoms. The topological polar surface area (TPSA) is 80.6 Å². The van der Waals surface area contributed by atoms with Crippen LogP contribution in [-0.4, -0.2) is 63.2 Å². The zero-order valence-corrected chi connectivity index (χ0v) is 19.2. The van der Waals surface area contributed by atoms with E-state index in [-0.39, 0.29) is 23.1 Å². The van der Waals surface area contributed by atoms with Crippen LogP contribution in [0.1, 0.15) is 5.56 Å². The molecule has 1 aromatic heterocycles. The van der Waals surface area contributed by atoms with E-state index < -0.39 is 9.84 Å². The van der Waals surface area contributed by atoms with E-state index in [1.54, 1.807) is 47.2 Å². The molecule has 1 aliphatic heterocycles. The molecule has 0 radical (unpaired) electrons. The quantitative estimate of drug-likeness (QED) is 0.542. The summed E-state index contributed by atoms with van der Waals surface area (Å²) >= 11 is 5.91. The highest BCUT2D eigenvalue weighted by Crippen LogP contribution is 2.28. The van der Waals surface area contributed by atoms with Crippen LogP contribution in [0.3, 0.4) is 0 Å². The third-order valence-electron chi connectivity index (χ3n) is 5.52. The molecule has 1 fully saturated rings. The highest BCUT2D eigenvalue weighted by atomic mass is 35.5. The van der Waals surface area contributed by atoms with Crippen molar-refractivity contribution in [2.24, 2.45) is 0 Å². The van der Waals surface area contributed by atoms with Crippen molar-refractivity contribution >= 4 is 38.2 Å². The summed E-state index contributed by atoms with van der Waals surface area (Å²) in [7, 11) is -3.61. The molecule has 7 nitrogen and oxygen atoms in total. The number of morpholine rings is 1. The van der Waals surface area contributed by atoms with Gasteiger partial charge in [-0.25, -0.2) is 8.42 Å². The van der Waals surface area contributed by atoms with Crippen molar-refractivity contribution in [1.29, 1.82) is 0 Å². The first kappa shape index (κ1) is 22.8. The molecule has 0 spiro atoms. The number of hydrogen-bond donors (Lipinski definition) is 1. The Bertz CT molecular complexity index is 1190. The molecular weight excluding hydrogens is 450 g/mol. The summed E-state index contributed by atoms with van der Waals surface area (Å²) in [4.78, 5) is 15.0. The van der Waals surface area contributed by atoms with Crippen LogP contribution in [0.15, 0.2) is 59.6 Å². The summed E-state index contributed by atoms with van der Waals surface area (Å²) < 4.78 is 33.4. The zero-order chi connectivity index (χ0) is 22.6. The van der Waals surface area contributed by atoms with E-state index >= 15 is 0 Å². The van der Waals surface area contributed by atoms with Crippen LogP contribution < -0.4 is 5.32 Å². The Kier molecular flexibility index (Phi) is 7.15. The summed E-state index contributed by atoms with van der Waals surface area (Å²) in [6, 6.07) is 14.0. The van der Waals surface area contributed by atoms with Gasteiger partial charge in [-0.05, 0) is 23.8 Å². The number of fused-ring (bicyclic) bond motifs is 1.